The van der Waals surface area contributed by atoms with Crippen LogP contribution < -0.4 is 0 Å². The lowest BCUT2D eigenvalue weighted by atomic mass is 10.5. The molecule has 0 saturated carbocycles. The molecule has 0 aliphatic heterocycles. The van der Waals surface area contributed by atoms with E-state index in [2.05, 4.69) is 0 Å². The van der Waals surface area contributed by atoms with Crippen molar-refractivity contribution in [2.24, 2.45) is 0 Å². The topological polar surface area (TPSA) is 0 Å². The number of hydrogen-bond acceptors (Lipinski definition) is 0. The maximum absolute atomic E-state index is 11.7. The van der Waals surface area contributed by atoms with Gasteiger partial charge in [0.2, 0.25) is 5.83 Å². The Labute approximate surface area is 54.1 Å². The Morgan fingerprint density at radius 1 is 1.33 bits per heavy atom. The minimum absolute atomic E-state index is 0.838. The molecule has 54 valence electrons. The molecule has 0 aromatic carbocycles. The zero-order chi connectivity index (χ0) is 7.65. The zero-order valence-electron chi connectivity index (χ0n) is 4.39. The van der Waals surface area contributed by atoms with Crippen LogP contribution in [0.3, 0.4) is 0 Å². The van der Waals surface area contributed by atoms with E-state index >= 15 is 0 Å². The van der Waals surface area contributed by atoms with Crippen molar-refractivity contribution in [1.82, 2.24) is 0 Å². The van der Waals surface area contributed by atoms with E-state index in [1.54, 1.807) is 0 Å². The SMILES string of the molecule is C/C(Cl)=C(\F)C(F)(F)F. The minimum atomic E-state index is -4.94. The maximum Gasteiger partial charge on any atom is 0.444 e. The van der Waals surface area contributed by atoms with Gasteiger partial charge in [-0.3, -0.25) is 0 Å². The van der Waals surface area contributed by atoms with Gasteiger partial charge < -0.3 is 0 Å². The van der Waals surface area contributed by atoms with Crippen LogP contribution in [0.15, 0.2) is 10.9 Å². The second kappa shape index (κ2) is 2.56. The molecule has 0 fully saturated rings. The van der Waals surface area contributed by atoms with Crippen molar-refractivity contribution >= 4 is 11.6 Å². The molecule has 0 aromatic rings. The summed E-state index contributed by atoms with van der Waals surface area (Å²) in [5.74, 6) is -2.23. The molecule has 0 aliphatic rings. The normalized spacial score (nSPS) is 15.3. The van der Waals surface area contributed by atoms with E-state index in [1.165, 1.54) is 0 Å². The fourth-order valence-corrected chi connectivity index (χ4v) is 0.302. The fourth-order valence-electron chi connectivity index (χ4n) is 0.195. The summed E-state index contributed by atoms with van der Waals surface area (Å²) >= 11 is 4.70. The van der Waals surface area contributed by atoms with E-state index in [0.29, 0.717) is 0 Å². The van der Waals surface area contributed by atoms with Gasteiger partial charge in [0.1, 0.15) is 0 Å². The third kappa shape index (κ3) is 2.70. The molecule has 0 amide bonds. The lowest BCUT2D eigenvalue weighted by molar-refractivity contribution is -0.109. The summed E-state index contributed by atoms with van der Waals surface area (Å²) in [6, 6.07) is 0. The zero-order valence-corrected chi connectivity index (χ0v) is 5.15. The second-order valence-corrected chi connectivity index (χ2v) is 1.91. The summed E-state index contributed by atoms with van der Waals surface area (Å²) in [7, 11) is 0. The average Bonchev–Trinajstić information content (AvgIpc) is 1.62. The predicted molar refractivity (Wildman–Crippen MR) is 25.7 cm³/mol. The van der Waals surface area contributed by atoms with Crippen LogP contribution in [0.2, 0.25) is 0 Å². The van der Waals surface area contributed by atoms with E-state index in [1.807, 2.05) is 0 Å². The van der Waals surface area contributed by atoms with Crippen LogP contribution >= 0.6 is 11.6 Å². The number of rotatable bonds is 0. The number of halogens is 5. The predicted octanol–water partition coefficient (Wildman–Crippen LogP) is 2.99. The van der Waals surface area contributed by atoms with Gasteiger partial charge in [-0.1, -0.05) is 11.6 Å². The van der Waals surface area contributed by atoms with Crippen LogP contribution in [0.5, 0.6) is 0 Å². The van der Waals surface area contributed by atoms with Crippen molar-refractivity contribution in [2.75, 3.05) is 0 Å². The van der Waals surface area contributed by atoms with Gasteiger partial charge in [-0.25, -0.2) is 4.39 Å². The molecule has 0 unspecified atom stereocenters. The molecular formula is C4H3ClF4. The summed E-state index contributed by atoms with van der Waals surface area (Å²) in [6.45, 7) is 0.838. The molecule has 0 atom stereocenters. The third-order valence-electron chi connectivity index (χ3n) is 0.551. The first-order valence-electron chi connectivity index (χ1n) is 1.94. The third-order valence-corrected chi connectivity index (χ3v) is 0.717. The van der Waals surface area contributed by atoms with Crippen molar-refractivity contribution in [3.05, 3.63) is 10.9 Å². The summed E-state index contributed by atoms with van der Waals surface area (Å²) in [6.07, 6.45) is -4.94. The molecular weight excluding hydrogens is 159 g/mol. The molecule has 0 nitrogen and oxygen atoms in total. The Bertz CT molecular complexity index is 130. The van der Waals surface area contributed by atoms with Crippen LogP contribution in [0.4, 0.5) is 17.6 Å². The molecule has 5 heteroatoms. The van der Waals surface area contributed by atoms with Gasteiger partial charge in [-0.15, -0.1) is 0 Å². The Hall–Kier alpha value is -0.250. The molecule has 0 radical (unpaired) electrons. The Morgan fingerprint density at radius 2 is 1.67 bits per heavy atom. The largest absolute Gasteiger partial charge is 0.444 e. The molecule has 0 saturated heterocycles. The van der Waals surface area contributed by atoms with E-state index in [9.17, 15) is 17.6 Å². The first kappa shape index (κ1) is 8.75. The van der Waals surface area contributed by atoms with Crippen molar-refractivity contribution in [3.8, 4) is 0 Å². The fraction of sp³-hybridized carbons (Fsp3) is 0.500. The van der Waals surface area contributed by atoms with Gasteiger partial charge in [0.05, 0.1) is 5.03 Å². The molecule has 0 spiro atoms. The highest BCUT2D eigenvalue weighted by atomic mass is 35.5. The number of hydrogen-bond donors (Lipinski definition) is 0. The molecule has 0 aromatic heterocycles. The average molecular weight is 163 g/mol. The number of allylic oxidation sites excluding steroid dienone is 2. The van der Waals surface area contributed by atoms with Crippen LogP contribution in [0.1, 0.15) is 6.92 Å². The van der Waals surface area contributed by atoms with Crippen molar-refractivity contribution in [2.45, 2.75) is 13.1 Å². The Morgan fingerprint density at radius 3 is 1.67 bits per heavy atom. The standard InChI is InChI=1S/C4H3ClF4/c1-2(5)3(6)4(7,8)9/h1H3/b3-2+. The maximum atomic E-state index is 11.7. The lowest BCUT2D eigenvalue weighted by Crippen LogP contribution is -2.08. The van der Waals surface area contributed by atoms with Crippen LogP contribution in [0, 0.1) is 0 Å². The summed E-state index contributed by atoms with van der Waals surface area (Å²) in [5, 5.41) is -0.873. The minimum Gasteiger partial charge on any atom is -0.200 e. The first-order chi connectivity index (χ1) is 3.85. The monoisotopic (exact) mass is 162 g/mol. The quantitative estimate of drug-likeness (QED) is 0.481. The lowest BCUT2D eigenvalue weighted by Gasteiger charge is -2.01. The Kier molecular flexibility index (Phi) is 2.49. The van der Waals surface area contributed by atoms with Crippen molar-refractivity contribution < 1.29 is 17.6 Å². The van der Waals surface area contributed by atoms with Gasteiger partial charge in [0.15, 0.2) is 0 Å². The van der Waals surface area contributed by atoms with Crippen LogP contribution in [-0.2, 0) is 0 Å². The summed E-state index contributed by atoms with van der Waals surface area (Å²) in [5.41, 5.74) is 0. The smallest absolute Gasteiger partial charge is 0.200 e. The van der Waals surface area contributed by atoms with Crippen LogP contribution in [-0.4, -0.2) is 6.18 Å². The van der Waals surface area contributed by atoms with E-state index in [0.717, 1.165) is 6.92 Å². The molecule has 0 aliphatic carbocycles. The molecule has 9 heavy (non-hydrogen) atoms. The van der Waals surface area contributed by atoms with Gasteiger partial charge in [-0.2, -0.15) is 13.2 Å². The van der Waals surface area contributed by atoms with Gasteiger partial charge in [-0.05, 0) is 6.92 Å². The van der Waals surface area contributed by atoms with E-state index in [-0.39, 0.29) is 0 Å². The summed E-state index contributed by atoms with van der Waals surface area (Å²) < 4.78 is 45.2. The van der Waals surface area contributed by atoms with Crippen molar-refractivity contribution in [3.63, 3.8) is 0 Å². The molecule has 0 bridgehead atoms. The highest BCUT2D eigenvalue weighted by Crippen LogP contribution is 2.30. The first-order valence-corrected chi connectivity index (χ1v) is 2.32. The highest BCUT2D eigenvalue weighted by Gasteiger charge is 2.35. The molecule has 0 heterocycles. The highest BCUT2D eigenvalue weighted by molar-refractivity contribution is 6.29. The number of alkyl halides is 3. The summed E-state index contributed by atoms with van der Waals surface area (Å²) in [4.78, 5) is 0. The Balaban J connectivity index is 4.40. The van der Waals surface area contributed by atoms with Crippen LogP contribution in [0.25, 0.3) is 0 Å². The molecule has 0 rings (SSSR count). The van der Waals surface area contributed by atoms with Gasteiger partial charge >= 0.3 is 6.18 Å². The second-order valence-electron chi connectivity index (χ2n) is 1.35. The van der Waals surface area contributed by atoms with Crippen molar-refractivity contribution in [1.29, 1.82) is 0 Å². The van der Waals surface area contributed by atoms with E-state index in [4.69, 9.17) is 11.6 Å². The van der Waals surface area contributed by atoms with Gasteiger partial charge in [0.25, 0.3) is 0 Å². The molecule has 0 N–H and O–H groups in total. The van der Waals surface area contributed by atoms with E-state index < -0.39 is 17.0 Å². The van der Waals surface area contributed by atoms with Gasteiger partial charge in [0, 0.05) is 0 Å².